The molecule has 0 unspecified atom stereocenters. The molecule has 5 heteroatoms. The maximum Gasteiger partial charge on any atom is 0.352 e. The normalized spacial score (nSPS) is 10.6. The Bertz CT molecular complexity index is 607. The summed E-state index contributed by atoms with van der Waals surface area (Å²) in [6, 6.07) is 9.13. The summed E-state index contributed by atoms with van der Waals surface area (Å²) in [5.74, 6) is -0.926. The lowest BCUT2D eigenvalue weighted by Crippen LogP contribution is -2.08. The molecule has 2 aromatic rings. The SMILES string of the molecule is CCn1c(C(=O)O)ccc1-c1ccc(I)cc1Cl. The van der Waals surface area contributed by atoms with E-state index in [4.69, 9.17) is 16.7 Å². The van der Waals surface area contributed by atoms with Crippen LogP contribution in [0.2, 0.25) is 5.02 Å². The van der Waals surface area contributed by atoms with Gasteiger partial charge in [-0.05, 0) is 53.8 Å². The molecular weight excluding hydrogens is 365 g/mol. The molecule has 0 spiro atoms. The van der Waals surface area contributed by atoms with Crippen LogP contribution in [0.4, 0.5) is 0 Å². The molecule has 1 N–H and O–H groups in total. The van der Waals surface area contributed by atoms with E-state index < -0.39 is 5.97 Å². The monoisotopic (exact) mass is 375 g/mol. The van der Waals surface area contributed by atoms with Gasteiger partial charge in [0, 0.05) is 15.7 Å². The van der Waals surface area contributed by atoms with E-state index in [0.29, 0.717) is 11.6 Å². The summed E-state index contributed by atoms with van der Waals surface area (Å²) < 4.78 is 2.80. The molecule has 0 fully saturated rings. The summed E-state index contributed by atoms with van der Waals surface area (Å²) in [5.41, 5.74) is 1.96. The van der Waals surface area contributed by atoms with Crippen LogP contribution in [-0.2, 0) is 6.54 Å². The number of aromatic carboxylic acids is 1. The fourth-order valence-corrected chi connectivity index (χ4v) is 2.88. The summed E-state index contributed by atoms with van der Waals surface area (Å²) in [7, 11) is 0. The molecule has 18 heavy (non-hydrogen) atoms. The third-order valence-corrected chi connectivity index (χ3v) is 3.71. The van der Waals surface area contributed by atoms with Crippen LogP contribution in [0, 0.1) is 3.57 Å². The van der Waals surface area contributed by atoms with Crippen molar-refractivity contribution in [2.75, 3.05) is 0 Å². The molecule has 0 aliphatic carbocycles. The first kappa shape index (κ1) is 13.4. The van der Waals surface area contributed by atoms with Crippen molar-refractivity contribution in [3.05, 3.63) is 44.6 Å². The minimum atomic E-state index is -0.926. The maximum absolute atomic E-state index is 11.1. The number of halogens is 2. The van der Waals surface area contributed by atoms with Gasteiger partial charge in [-0.15, -0.1) is 0 Å². The fourth-order valence-electron chi connectivity index (χ4n) is 1.93. The molecule has 1 aromatic carbocycles. The Morgan fingerprint density at radius 2 is 2.11 bits per heavy atom. The topological polar surface area (TPSA) is 42.2 Å². The maximum atomic E-state index is 11.1. The molecule has 0 bridgehead atoms. The average Bonchev–Trinajstić information content (AvgIpc) is 2.72. The van der Waals surface area contributed by atoms with Gasteiger partial charge >= 0.3 is 5.97 Å². The minimum Gasteiger partial charge on any atom is -0.477 e. The van der Waals surface area contributed by atoms with E-state index in [9.17, 15) is 4.79 Å². The summed E-state index contributed by atoms with van der Waals surface area (Å²) in [4.78, 5) is 11.1. The molecule has 3 nitrogen and oxygen atoms in total. The van der Waals surface area contributed by atoms with Gasteiger partial charge in [0.15, 0.2) is 0 Å². The highest BCUT2D eigenvalue weighted by atomic mass is 127. The lowest BCUT2D eigenvalue weighted by Gasteiger charge is -2.10. The number of hydrogen-bond acceptors (Lipinski definition) is 1. The van der Waals surface area contributed by atoms with Crippen LogP contribution in [0.3, 0.4) is 0 Å². The second kappa shape index (κ2) is 5.32. The number of aromatic nitrogens is 1. The molecule has 0 amide bonds. The Hall–Kier alpha value is -1.01. The van der Waals surface area contributed by atoms with E-state index in [0.717, 1.165) is 14.8 Å². The molecule has 0 saturated carbocycles. The van der Waals surface area contributed by atoms with Crippen LogP contribution in [-0.4, -0.2) is 15.6 Å². The van der Waals surface area contributed by atoms with E-state index in [2.05, 4.69) is 22.6 Å². The van der Waals surface area contributed by atoms with Gasteiger partial charge in [-0.25, -0.2) is 4.79 Å². The summed E-state index contributed by atoms with van der Waals surface area (Å²) in [6.07, 6.45) is 0. The molecule has 0 saturated heterocycles. The van der Waals surface area contributed by atoms with Crippen molar-refractivity contribution in [1.29, 1.82) is 0 Å². The molecule has 1 heterocycles. The van der Waals surface area contributed by atoms with Crippen LogP contribution in [0.1, 0.15) is 17.4 Å². The molecule has 0 radical (unpaired) electrons. The van der Waals surface area contributed by atoms with E-state index in [1.54, 1.807) is 16.7 Å². The number of rotatable bonds is 3. The lowest BCUT2D eigenvalue weighted by molar-refractivity contribution is 0.0685. The molecule has 2 rings (SSSR count). The largest absolute Gasteiger partial charge is 0.477 e. The van der Waals surface area contributed by atoms with E-state index in [-0.39, 0.29) is 5.69 Å². The summed E-state index contributed by atoms with van der Waals surface area (Å²) in [5, 5.41) is 9.75. The van der Waals surface area contributed by atoms with Crippen LogP contribution >= 0.6 is 34.2 Å². The number of carboxylic acid groups (broad SMARTS) is 1. The third-order valence-electron chi connectivity index (χ3n) is 2.72. The number of benzene rings is 1. The average molecular weight is 376 g/mol. The van der Waals surface area contributed by atoms with Crippen molar-refractivity contribution >= 4 is 40.2 Å². The number of carbonyl (C=O) groups is 1. The zero-order valence-electron chi connectivity index (χ0n) is 9.65. The van der Waals surface area contributed by atoms with Crippen molar-refractivity contribution in [2.24, 2.45) is 0 Å². The molecule has 0 aliphatic heterocycles. The Morgan fingerprint density at radius 1 is 1.39 bits per heavy atom. The van der Waals surface area contributed by atoms with Gasteiger partial charge < -0.3 is 9.67 Å². The van der Waals surface area contributed by atoms with E-state index in [1.807, 2.05) is 25.1 Å². The Kier molecular flexibility index (Phi) is 3.97. The predicted octanol–water partition coefficient (Wildman–Crippen LogP) is 4.13. The van der Waals surface area contributed by atoms with Crippen LogP contribution in [0.15, 0.2) is 30.3 Å². The molecule has 0 atom stereocenters. The van der Waals surface area contributed by atoms with Gasteiger partial charge in [-0.3, -0.25) is 0 Å². The van der Waals surface area contributed by atoms with Gasteiger partial charge in [0.1, 0.15) is 5.69 Å². The van der Waals surface area contributed by atoms with Gasteiger partial charge in [0.2, 0.25) is 0 Å². The van der Waals surface area contributed by atoms with Crippen LogP contribution < -0.4 is 0 Å². The van der Waals surface area contributed by atoms with Gasteiger partial charge in [-0.2, -0.15) is 0 Å². The van der Waals surface area contributed by atoms with E-state index >= 15 is 0 Å². The third kappa shape index (κ3) is 2.40. The van der Waals surface area contributed by atoms with E-state index in [1.165, 1.54) is 0 Å². The molecule has 0 aliphatic rings. The standard InChI is InChI=1S/C13H11ClINO2/c1-2-16-11(5-6-12(16)13(17)18)9-4-3-8(15)7-10(9)14/h3-7H,2H2,1H3,(H,17,18). The highest BCUT2D eigenvalue weighted by Crippen LogP contribution is 2.30. The number of nitrogens with zero attached hydrogens (tertiary/aromatic N) is 1. The second-order valence-corrected chi connectivity index (χ2v) is 5.43. The first-order valence-corrected chi connectivity index (χ1v) is 6.88. The second-order valence-electron chi connectivity index (χ2n) is 3.78. The fraction of sp³-hybridized carbons (Fsp3) is 0.154. The van der Waals surface area contributed by atoms with Crippen molar-refractivity contribution in [1.82, 2.24) is 4.57 Å². The van der Waals surface area contributed by atoms with Crippen LogP contribution in [0.25, 0.3) is 11.3 Å². The highest BCUT2D eigenvalue weighted by molar-refractivity contribution is 14.1. The molecule has 94 valence electrons. The lowest BCUT2D eigenvalue weighted by atomic mass is 10.1. The summed E-state index contributed by atoms with van der Waals surface area (Å²) in [6.45, 7) is 2.50. The van der Waals surface area contributed by atoms with Gasteiger partial charge in [0.25, 0.3) is 0 Å². The van der Waals surface area contributed by atoms with Crippen molar-refractivity contribution in [2.45, 2.75) is 13.5 Å². The zero-order chi connectivity index (χ0) is 13.3. The molecule has 1 aromatic heterocycles. The Labute approximate surface area is 124 Å². The quantitative estimate of drug-likeness (QED) is 0.820. The van der Waals surface area contributed by atoms with Gasteiger partial charge in [-0.1, -0.05) is 17.7 Å². The Balaban J connectivity index is 2.60. The summed E-state index contributed by atoms with van der Waals surface area (Å²) >= 11 is 8.41. The zero-order valence-corrected chi connectivity index (χ0v) is 12.6. The van der Waals surface area contributed by atoms with Crippen molar-refractivity contribution in [3.8, 4) is 11.3 Å². The van der Waals surface area contributed by atoms with Crippen LogP contribution in [0.5, 0.6) is 0 Å². The van der Waals surface area contributed by atoms with Crippen molar-refractivity contribution < 1.29 is 9.90 Å². The van der Waals surface area contributed by atoms with Crippen molar-refractivity contribution in [3.63, 3.8) is 0 Å². The predicted molar refractivity (Wildman–Crippen MR) is 80.2 cm³/mol. The number of hydrogen-bond donors (Lipinski definition) is 1. The minimum absolute atomic E-state index is 0.280. The highest BCUT2D eigenvalue weighted by Gasteiger charge is 2.15. The van der Waals surface area contributed by atoms with Gasteiger partial charge in [0.05, 0.1) is 10.7 Å². The first-order valence-electron chi connectivity index (χ1n) is 5.42. The molecular formula is C13H11ClINO2. The Morgan fingerprint density at radius 3 is 2.67 bits per heavy atom. The number of carboxylic acids is 1. The smallest absolute Gasteiger partial charge is 0.352 e. The first-order chi connectivity index (χ1) is 8.54.